The van der Waals surface area contributed by atoms with E-state index in [2.05, 4.69) is 22.6 Å². The lowest BCUT2D eigenvalue weighted by molar-refractivity contribution is -0.681. The summed E-state index contributed by atoms with van der Waals surface area (Å²) in [6, 6.07) is 0. The molecule has 0 saturated carbocycles. The van der Waals surface area contributed by atoms with Crippen LogP contribution in [0.3, 0.4) is 0 Å². The van der Waals surface area contributed by atoms with Crippen molar-refractivity contribution in [3.05, 3.63) is 25.0 Å². The number of aromatic nitrogens is 2. The molecule has 0 radical (unpaired) electrons. The minimum atomic E-state index is -2.83. The normalized spacial score (nSPS) is 11.8. The molecule has 0 spiro atoms. The summed E-state index contributed by atoms with van der Waals surface area (Å²) in [6.07, 6.45) is 6.92. The molecule has 0 atom stereocenters. The molecule has 0 aliphatic rings. The van der Waals surface area contributed by atoms with Gasteiger partial charge in [0.1, 0.15) is 18.9 Å². The van der Waals surface area contributed by atoms with Gasteiger partial charge in [0, 0.05) is 21.3 Å². The molecule has 0 aromatic carbocycles. The summed E-state index contributed by atoms with van der Waals surface area (Å²) in [5, 5.41) is 0. The van der Waals surface area contributed by atoms with Crippen LogP contribution >= 0.6 is 0 Å². The van der Waals surface area contributed by atoms with Crippen LogP contribution in [0, 0.1) is 0 Å². The second-order valence-electron chi connectivity index (χ2n) is 3.92. The zero-order valence-electron chi connectivity index (χ0n) is 11.7. The highest BCUT2D eigenvalue weighted by atomic mass is 28.4. The molecule has 1 aromatic heterocycles. The molecule has 1 heterocycles. The maximum Gasteiger partial charge on any atom is 0.626 e. The van der Waals surface area contributed by atoms with Gasteiger partial charge in [0.2, 0.25) is 0 Å². The Morgan fingerprint density at radius 1 is 1.33 bits per heavy atom. The third-order valence-electron chi connectivity index (χ3n) is 2.84. The number of allylic oxidation sites excluding steroid dienone is 1. The molecule has 0 amide bonds. The van der Waals surface area contributed by atoms with Crippen LogP contribution in [0.15, 0.2) is 25.0 Å². The molecule has 102 valence electrons. The fourth-order valence-corrected chi connectivity index (χ4v) is 4.15. The van der Waals surface area contributed by atoms with E-state index >= 15 is 0 Å². The van der Waals surface area contributed by atoms with Gasteiger partial charge < -0.3 is 13.3 Å². The lowest BCUT2D eigenvalue weighted by Crippen LogP contribution is -2.69. The average Bonchev–Trinajstić information content (AvgIpc) is 2.78. The zero-order chi connectivity index (χ0) is 13.6. The fourth-order valence-electron chi connectivity index (χ4n) is 2.05. The van der Waals surface area contributed by atoms with E-state index in [-0.39, 0.29) is 0 Å². The molecular formula is C12H23N2O3Si+. The third kappa shape index (κ3) is 2.72. The summed E-state index contributed by atoms with van der Waals surface area (Å²) < 4.78 is 20.9. The SMILES string of the molecule is C=CCn1cc[n+](CCC)c1[Si](OC)(OC)OC. The Bertz CT molecular complexity index is 380. The number of rotatable bonds is 8. The lowest BCUT2D eigenvalue weighted by atomic mass is 10.5. The second-order valence-corrected chi connectivity index (χ2v) is 6.71. The molecule has 0 bridgehead atoms. The number of aryl methyl sites for hydroxylation is 1. The van der Waals surface area contributed by atoms with Crippen molar-refractivity contribution in [2.24, 2.45) is 0 Å². The predicted molar refractivity (Wildman–Crippen MR) is 71.5 cm³/mol. The largest absolute Gasteiger partial charge is 0.626 e. The summed E-state index contributed by atoms with van der Waals surface area (Å²) in [5.74, 6) is 0. The quantitative estimate of drug-likeness (QED) is 0.391. The van der Waals surface area contributed by atoms with Crippen LogP contribution in [-0.2, 0) is 26.4 Å². The summed E-state index contributed by atoms with van der Waals surface area (Å²) in [4.78, 5) is 0. The van der Waals surface area contributed by atoms with E-state index in [1.807, 2.05) is 18.5 Å². The topological polar surface area (TPSA) is 36.5 Å². The summed E-state index contributed by atoms with van der Waals surface area (Å²) in [5.41, 5.74) is 0.955. The van der Waals surface area contributed by atoms with Crippen molar-refractivity contribution in [2.45, 2.75) is 26.4 Å². The highest BCUT2D eigenvalue weighted by Crippen LogP contribution is 2.05. The Labute approximate surface area is 110 Å². The maximum absolute atomic E-state index is 5.57. The zero-order valence-corrected chi connectivity index (χ0v) is 12.7. The third-order valence-corrected chi connectivity index (χ3v) is 5.58. The summed E-state index contributed by atoms with van der Waals surface area (Å²) in [7, 11) is 2.05. The molecule has 6 heteroatoms. The molecule has 1 aromatic rings. The molecule has 0 unspecified atom stereocenters. The standard InChI is InChI=1S/C12H23N2O3Si/c1-6-8-13-10-11-14(9-7-2)12(13)18(15-3,16-4)17-5/h6,10-11H,1,7-9H2,2-5H3/q+1. The van der Waals surface area contributed by atoms with E-state index in [4.69, 9.17) is 13.3 Å². The van der Waals surface area contributed by atoms with E-state index in [9.17, 15) is 0 Å². The Hall–Kier alpha value is -0.953. The second kappa shape index (κ2) is 6.84. The predicted octanol–water partition coefficient (Wildman–Crippen LogP) is 0.457. The van der Waals surface area contributed by atoms with Crippen molar-refractivity contribution in [1.82, 2.24) is 4.57 Å². The molecule has 5 nitrogen and oxygen atoms in total. The van der Waals surface area contributed by atoms with Crippen molar-refractivity contribution >= 4 is 14.3 Å². The first-order valence-electron chi connectivity index (χ1n) is 6.04. The van der Waals surface area contributed by atoms with Crippen LogP contribution in [0.1, 0.15) is 13.3 Å². The van der Waals surface area contributed by atoms with Crippen molar-refractivity contribution in [3.63, 3.8) is 0 Å². The molecule has 0 fully saturated rings. The van der Waals surface area contributed by atoms with Crippen molar-refractivity contribution < 1.29 is 17.8 Å². The van der Waals surface area contributed by atoms with Gasteiger partial charge in [-0.3, -0.25) is 0 Å². The molecule has 0 saturated heterocycles. The molecule has 18 heavy (non-hydrogen) atoms. The number of hydrogen-bond acceptors (Lipinski definition) is 3. The number of hydrogen-bond donors (Lipinski definition) is 0. The van der Waals surface area contributed by atoms with Crippen LogP contribution < -0.4 is 10.0 Å². The Morgan fingerprint density at radius 2 is 1.94 bits per heavy atom. The maximum atomic E-state index is 5.57. The summed E-state index contributed by atoms with van der Waals surface area (Å²) >= 11 is 0. The fraction of sp³-hybridized carbons (Fsp3) is 0.583. The molecular weight excluding hydrogens is 248 g/mol. The van der Waals surface area contributed by atoms with Crippen LogP contribution in [0.5, 0.6) is 0 Å². The first-order valence-corrected chi connectivity index (χ1v) is 7.76. The summed E-state index contributed by atoms with van der Waals surface area (Å²) in [6.45, 7) is 7.52. The van der Waals surface area contributed by atoms with Crippen molar-refractivity contribution in [3.8, 4) is 0 Å². The van der Waals surface area contributed by atoms with Crippen LogP contribution in [0.2, 0.25) is 0 Å². The van der Waals surface area contributed by atoms with Crippen LogP contribution in [0.4, 0.5) is 0 Å². The first-order chi connectivity index (χ1) is 8.68. The van der Waals surface area contributed by atoms with Gasteiger partial charge in [-0.15, -0.1) is 0 Å². The van der Waals surface area contributed by atoms with E-state index in [1.165, 1.54) is 0 Å². The van der Waals surface area contributed by atoms with E-state index in [0.717, 1.165) is 18.4 Å². The molecule has 0 N–H and O–H groups in total. The van der Waals surface area contributed by atoms with Gasteiger partial charge in [0.15, 0.2) is 0 Å². The number of imidazole rings is 1. The smallest absolute Gasteiger partial charge is 0.369 e. The van der Waals surface area contributed by atoms with Gasteiger partial charge in [-0.2, -0.15) is 0 Å². The monoisotopic (exact) mass is 271 g/mol. The Morgan fingerprint density at radius 3 is 2.39 bits per heavy atom. The average molecular weight is 271 g/mol. The van der Waals surface area contributed by atoms with Crippen LogP contribution in [-0.4, -0.2) is 34.7 Å². The van der Waals surface area contributed by atoms with Gasteiger partial charge in [0.25, 0.3) is 0 Å². The molecule has 0 aliphatic carbocycles. The van der Waals surface area contributed by atoms with Crippen molar-refractivity contribution in [2.75, 3.05) is 21.3 Å². The molecule has 0 aliphatic heterocycles. The van der Waals surface area contributed by atoms with Crippen LogP contribution in [0.25, 0.3) is 0 Å². The Balaban J connectivity index is 3.30. The minimum absolute atomic E-state index is 0.705. The number of nitrogens with zero attached hydrogens (tertiary/aromatic N) is 2. The van der Waals surface area contributed by atoms with E-state index in [0.29, 0.717) is 6.54 Å². The van der Waals surface area contributed by atoms with E-state index < -0.39 is 8.80 Å². The minimum Gasteiger partial charge on any atom is -0.369 e. The van der Waals surface area contributed by atoms with Gasteiger partial charge in [0.05, 0.1) is 6.54 Å². The van der Waals surface area contributed by atoms with E-state index in [1.54, 1.807) is 21.3 Å². The van der Waals surface area contributed by atoms with Gasteiger partial charge >= 0.3 is 14.3 Å². The highest BCUT2D eigenvalue weighted by Gasteiger charge is 2.52. The highest BCUT2D eigenvalue weighted by molar-refractivity contribution is 6.73. The molecule has 1 rings (SSSR count). The lowest BCUT2D eigenvalue weighted by Gasteiger charge is -2.21. The Kier molecular flexibility index (Phi) is 5.74. The van der Waals surface area contributed by atoms with Crippen molar-refractivity contribution in [1.29, 1.82) is 0 Å². The van der Waals surface area contributed by atoms with Gasteiger partial charge in [-0.1, -0.05) is 19.6 Å². The first kappa shape index (κ1) is 15.1. The van der Waals surface area contributed by atoms with Gasteiger partial charge in [-0.25, -0.2) is 9.13 Å². The van der Waals surface area contributed by atoms with Gasteiger partial charge in [-0.05, 0) is 6.42 Å².